The number of benzene rings is 9. The molecule has 0 aliphatic carbocycles. The summed E-state index contributed by atoms with van der Waals surface area (Å²) in [6.07, 6.45) is 0. The quantitative estimate of drug-likeness (QED) is 0.165. The van der Waals surface area contributed by atoms with E-state index in [4.69, 9.17) is 15.0 Å². The Morgan fingerprint density at radius 2 is 0.464 bits per heavy atom. The van der Waals surface area contributed by atoms with Crippen LogP contribution in [0.25, 0.3) is 100 Å². The highest BCUT2D eigenvalue weighted by Gasteiger charge is 2.16. The van der Waals surface area contributed by atoms with E-state index in [0.717, 1.165) is 49.7 Å². The lowest BCUT2D eigenvalue weighted by Gasteiger charge is -2.13. The number of fused-ring (bicyclic) bond motifs is 2. The molecule has 0 N–H and O–H groups in total. The van der Waals surface area contributed by atoms with Gasteiger partial charge in [-0.25, -0.2) is 15.0 Å². The zero-order valence-electron chi connectivity index (χ0n) is 30.5. The molecule has 3 heteroatoms. The second-order valence-electron chi connectivity index (χ2n) is 14.1. The lowest BCUT2D eigenvalue weighted by atomic mass is 9.93. The van der Waals surface area contributed by atoms with E-state index in [1.54, 1.807) is 0 Å². The predicted octanol–water partition coefficient (Wildman–Crippen LogP) is 13.8. The first-order valence-corrected chi connectivity index (χ1v) is 18.9. The van der Waals surface area contributed by atoms with Crippen LogP contribution in [0.5, 0.6) is 0 Å². The summed E-state index contributed by atoms with van der Waals surface area (Å²) in [6, 6.07) is 74.9. The molecule has 3 nitrogen and oxygen atoms in total. The largest absolute Gasteiger partial charge is 0.208 e. The third-order valence-electron chi connectivity index (χ3n) is 10.5. The molecule has 0 saturated heterocycles. The highest BCUT2D eigenvalue weighted by molar-refractivity contribution is 5.89. The van der Waals surface area contributed by atoms with E-state index in [1.165, 1.54) is 33.0 Å². The first kappa shape index (κ1) is 33.1. The van der Waals surface area contributed by atoms with Gasteiger partial charge in [0.25, 0.3) is 0 Å². The lowest BCUT2D eigenvalue weighted by molar-refractivity contribution is 1.08. The summed E-state index contributed by atoms with van der Waals surface area (Å²) in [4.78, 5) is 15.6. The lowest BCUT2D eigenvalue weighted by Crippen LogP contribution is -2.01. The van der Waals surface area contributed by atoms with Crippen molar-refractivity contribution in [2.75, 3.05) is 0 Å². The van der Waals surface area contributed by atoms with Crippen LogP contribution >= 0.6 is 0 Å². The van der Waals surface area contributed by atoms with E-state index >= 15 is 0 Å². The van der Waals surface area contributed by atoms with Crippen LogP contribution in [0.4, 0.5) is 0 Å². The van der Waals surface area contributed by atoms with Gasteiger partial charge in [0.2, 0.25) is 0 Å². The second-order valence-corrected chi connectivity index (χ2v) is 14.1. The van der Waals surface area contributed by atoms with Crippen molar-refractivity contribution in [1.82, 2.24) is 15.0 Å². The Morgan fingerprint density at radius 3 is 0.875 bits per heavy atom. The molecule has 0 atom stereocenters. The average Bonchev–Trinajstić information content (AvgIpc) is 3.29. The van der Waals surface area contributed by atoms with Crippen molar-refractivity contribution >= 4 is 21.5 Å². The molecular formula is C53H35N3. The number of hydrogen-bond acceptors (Lipinski definition) is 3. The molecule has 0 amide bonds. The van der Waals surface area contributed by atoms with Gasteiger partial charge in [-0.15, -0.1) is 0 Å². The first-order chi connectivity index (χ1) is 27.7. The van der Waals surface area contributed by atoms with Crippen LogP contribution in [0, 0.1) is 0 Å². The number of hydrogen-bond donors (Lipinski definition) is 0. The molecule has 1 heterocycles. The number of aromatic nitrogens is 3. The zero-order valence-corrected chi connectivity index (χ0v) is 30.5. The van der Waals surface area contributed by atoms with Gasteiger partial charge in [-0.3, -0.25) is 0 Å². The molecule has 9 aromatic carbocycles. The van der Waals surface area contributed by atoms with Gasteiger partial charge >= 0.3 is 0 Å². The van der Waals surface area contributed by atoms with E-state index in [9.17, 15) is 0 Å². The van der Waals surface area contributed by atoms with E-state index in [2.05, 4.69) is 212 Å². The fraction of sp³-hybridized carbons (Fsp3) is 0. The van der Waals surface area contributed by atoms with Crippen molar-refractivity contribution in [3.05, 3.63) is 212 Å². The molecule has 0 fully saturated rings. The van der Waals surface area contributed by atoms with Gasteiger partial charge in [-0.2, -0.15) is 0 Å². The monoisotopic (exact) mass is 713 g/mol. The summed E-state index contributed by atoms with van der Waals surface area (Å²) in [5.41, 5.74) is 12.0. The maximum atomic E-state index is 5.22. The minimum atomic E-state index is 0.622. The molecular weight excluding hydrogens is 679 g/mol. The van der Waals surface area contributed by atoms with Gasteiger partial charge in [0.15, 0.2) is 17.5 Å². The Hall–Kier alpha value is -7.49. The molecule has 0 unspecified atom stereocenters. The molecule has 0 aliphatic rings. The summed E-state index contributed by atoms with van der Waals surface area (Å²) in [5.74, 6) is 1.89. The van der Waals surface area contributed by atoms with Crippen LogP contribution < -0.4 is 0 Å². The highest BCUT2D eigenvalue weighted by atomic mass is 15.0. The topological polar surface area (TPSA) is 38.7 Å². The summed E-state index contributed by atoms with van der Waals surface area (Å²) in [5, 5.41) is 4.63. The Balaban J connectivity index is 1.15. The molecule has 56 heavy (non-hydrogen) atoms. The van der Waals surface area contributed by atoms with Gasteiger partial charge in [0, 0.05) is 16.7 Å². The Labute approximate surface area is 326 Å². The molecule has 262 valence electrons. The summed E-state index contributed by atoms with van der Waals surface area (Å²) >= 11 is 0. The van der Waals surface area contributed by atoms with Crippen LogP contribution in [-0.2, 0) is 0 Å². The minimum Gasteiger partial charge on any atom is -0.208 e. The smallest absolute Gasteiger partial charge is 0.164 e. The molecule has 0 saturated carbocycles. The molecule has 10 aromatic rings. The van der Waals surface area contributed by atoms with Crippen molar-refractivity contribution < 1.29 is 0 Å². The number of rotatable bonds is 7. The Kier molecular flexibility index (Phi) is 8.51. The second kappa shape index (κ2) is 14.4. The van der Waals surface area contributed by atoms with Crippen LogP contribution in [0.2, 0.25) is 0 Å². The van der Waals surface area contributed by atoms with E-state index in [1.807, 2.05) is 0 Å². The van der Waals surface area contributed by atoms with E-state index in [-0.39, 0.29) is 0 Å². The normalized spacial score (nSPS) is 11.2. The SMILES string of the molecule is c1ccc(-c2ccc(-c3cc(-c4ccc(-c5ccccc5)cc4)cc(-c4nc(-c5ccc6ccccc6c5)nc(-c5ccc6ccccc6c5)n4)c3)cc2)cc1. The minimum absolute atomic E-state index is 0.622. The van der Waals surface area contributed by atoms with Crippen molar-refractivity contribution in [2.45, 2.75) is 0 Å². The van der Waals surface area contributed by atoms with Crippen LogP contribution in [-0.4, -0.2) is 15.0 Å². The van der Waals surface area contributed by atoms with Crippen LogP contribution in [0.1, 0.15) is 0 Å². The van der Waals surface area contributed by atoms with E-state index in [0.29, 0.717) is 17.5 Å². The summed E-state index contributed by atoms with van der Waals surface area (Å²) in [6.45, 7) is 0. The van der Waals surface area contributed by atoms with Crippen LogP contribution in [0.3, 0.4) is 0 Å². The predicted molar refractivity (Wildman–Crippen MR) is 233 cm³/mol. The van der Waals surface area contributed by atoms with Crippen molar-refractivity contribution in [2.24, 2.45) is 0 Å². The van der Waals surface area contributed by atoms with Gasteiger partial charge < -0.3 is 0 Å². The van der Waals surface area contributed by atoms with Gasteiger partial charge in [0.1, 0.15) is 0 Å². The van der Waals surface area contributed by atoms with Crippen molar-refractivity contribution in [1.29, 1.82) is 0 Å². The summed E-state index contributed by atoms with van der Waals surface area (Å²) in [7, 11) is 0. The molecule has 0 bridgehead atoms. The summed E-state index contributed by atoms with van der Waals surface area (Å²) < 4.78 is 0. The van der Waals surface area contributed by atoms with Gasteiger partial charge in [-0.1, -0.05) is 182 Å². The fourth-order valence-electron chi connectivity index (χ4n) is 7.48. The van der Waals surface area contributed by atoms with Crippen LogP contribution in [0.15, 0.2) is 212 Å². The Bertz CT molecular complexity index is 2790. The van der Waals surface area contributed by atoms with Gasteiger partial charge in [-0.05, 0) is 96.4 Å². The van der Waals surface area contributed by atoms with E-state index < -0.39 is 0 Å². The third kappa shape index (κ3) is 6.63. The molecule has 0 radical (unpaired) electrons. The molecule has 10 rings (SSSR count). The first-order valence-electron chi connectivity index (χ1n) is 18.9. The standard InChI is InChI=1S/C53H35N3/c1-3-11-36(12-4-1)40-19-23-42(24-20-40)48-33-49(43-25-21-41(22-26-43)37-13-5-2-6-14-37)35-50(34-48)53-55-51(46-29-27-38-15-7-9-17-44(38)31-46)54-52(56-53)47-30-28-39-16-8-10-18-45(39)32-47/h1-35H. The van der Waals surface area contributed by atoms with Crippen molar-refractivity contribution in [3.8, 4) is 78.7 Å². The zero-order chi connectivity index (χ0) is 37.3. The molecule has 0 spiro atoms. The highest BCUT2D eigenvalue weighted by Crippen LogP contribution is 2.36. The number of nitrogens with zero attached hydrogens (tertiary/aromatic N) is 3. The average molecular weight is 714 g/mol. The Morgan fingerprint density at radius 1 is 0.179 bits per heavy atom. The third-order valence-corrected chi connectivity index (χ3v) is 10.5. The molecule has 1 aromatic heterocycles. The fourth-order valence-corrected chi connectivity index (χ4v) is 7.48. The maximum Gasteiger partial charge on any atom is 0.164 e. The van der Waals surface area contributed by atoms with Crippen molar-refractivity contribution in [3.63, 3.8) is 0 Å². The van der Waals surface area contributed by atoms with Gasteiger partial charge in [0.05, 0.1) is 0 Å². The molecule has 0 aliphatic heterocycles. The maximum absolute atomic E-state index is 5.22.